The van der Waals surface area contributed by atoms with E-state index in [0.29, 0.717) is 10.9 Å². The first-order chi connectivity index (χ1) is 15.5. The van der Waals surface area contributed by atoms with Crippen LogP contribution in [0.4, 0.5) is 0 Å². The van der Waals surface area contributed by atoms with Crippen LogP contribution in [0.5, 0.6) is 11.5 Å². The van der Waals surface area contributed by atoms with Gasteiger partial charge < -0.3 is 28.8 Å². The summed E-state index contributed by atoms with van der Waals surface area (Å²) in [5.74, 6) is -3.10. The van der Waals surface area contributed by atoms with Crippen molar-refractivity contribution in [1.82, 2.24) is 4.57 Å². The van der Waals surface area contributed by atoms with Crippen LogP contribution in [0.1, 0.15) is 32.5 Å². The molecule has 1 aliphatic heterocycles. The molecule has 1 aliphatic rings. The number of hydrogen-bond donors (Lipinski definition) is 1. The van der Waals surface area contributed by atoms with Crippen molar-refractivity contribution in [3.05, 3.63) is 24.4 Å². The Bertz CT molecular complexity index is 1090. The van der Waals surface area contributed by atoms with E-state index in [4.69, 9.17) is 23.7 Å². The zero-order valence-corrected chi connectivity index (χ0v) is 18.8. The number of nitrogens with zero attached hydrogens (tertiary/aromatic N) is 1. The van der Waals surface area contributed by atoms with Crippen molar-refractivity contribution >= 4 is 34.7 Å². The lowest BCUT2D eigenvalue weighted by molar-refractivity contribution is -0.261. The van der Waals surface area contributed by atoms with Gasteiger partial charge in [0.2, 0.25) is 12.2 Å². The molecule has 1 N–H and O–H groups in total. The molecule has 0 saturated carbocycles. The molecule has 0 bridgehead atoms. The lowest BCUT2D eigenvalue weighted by Gasteiger charge is -2.42. The van der Waals surface area contributed by atoms with Gasteiger partial charge >= 0.3 is 17.9 Å². The second-order valence-corrected chi connectivity index (χ2v) is 7.66. The minimum Gasteiger partial charge on any atom is -0.508 e. The van der Waals surface area contributed by atoms with Crippen molar-refractivity contribution in [1.29, 1.82) is 0 Å². The van der Waals surface area contributed by atoms with Crippen LogP contribution in [-0.4, -0.2) is 65.2 Å². The molecule has 0 radical (unpaired) electrons. The molecule has 3 rings (SSSR count). The molecule has 1 fully saturated rings. The Labute approximate surface area is 189 Å². The quantitative estimate of drug-likeness (QED) is 0.515. The molecule has 1 aromatic heterocycles. The van der Waals surface area contributed by atoms with Gasteiger partial charge in [0.1, 0.15) is 11.5 Å². The predicted octanol–water partition coefficient (Wildman–Crippen LogP) is 1.78. The fourth-order valence-corrected chi connectivity index (χ4v) is 3.77. The van der Waals surface area contributed by atoms with Crippen LogP contribution in [0.25, 0.3) is 10.9 Å². The molecule has 11 heteroatoms. The number of carbonyl (C=O) groups excluding carboxylic acids is 4. The molecular formula is C22H25NO10. The van der Waals surface area contributed by atoms with Gasteiger partial charge in [0.15, 0.2) is 18.3 Å². The summed E-state index contributed by atoms with van der Waals surface area (Å²) in [7, 11) is 1.13. The van der Waals surface area contributed by atoms with Crippen molar-refractivity contribution in [3.8, 4) is 11.5 Å². The molecule has 2 aromatic rings. The number of esters is 3. The molecule has 2 heterocycles. The lowest BCUT2D eigenvalue weighted by Crippen LogP contribution is -2.60. The number of ether oxygens (including phenoxy) is 5. The second-order valence-electron chi connectivity index (χ2n) is 7.66. The molecule has 1 aromatic carbocycles. The van der Waals surface area contributed by atoms with Crippen LogP contribution >= 0.6 is 0 Å². The standard InChI is InChI=1S/C22H25NO10/c1-10-18(30-12(3)25)19(31-13(4)26)20(21(28)29-5)33-22(10)32-17-9-23(11(2)24)16-7-6-14(27)8-15(16)17/h6-10,18-20,22,27H,1-5H3/t10-,18-,19+,20+,22-/m1/s1. The maximum absolute atomic E-state index is 12.4. The number of aromatic nitrogens is 1. The number of methoxy groups -OCH3 is 1. The highest BCUT2D eigenvalue weighted by Gasteiger charge is 2.52. The van der Waals surface area contributed by atoms with Gasteiger partial charge in [-0.25, -0.2) is 4.79 Å². The molecule has 0 aliphatic carbocycles. The minimum absolute atomic E-state index is 0.0496. The maximum Gasteiger partial charge on any atom is 0.339 e. The molecular weight excluding hydrogens is 438 g/mol. The zero-order chi connectivity index (χ0) is 24.4. The molecule has 0 amide bonds. The van der Waals surface area contributed by atoms with E-state index in [-0.39, 0.29) is 17.4 Å². The van der Waals surface area contributed by atoms with Gasteiger partial charge in [-0.1, -0.05) is 6.92 Å². The third kappa shape index (κ3) is 4.92. The van der Waals surface area contributed by atoms with E-state index in [2.05, 4.69) is 0 Å². The van der Waals surface area contributed by atoms with Crippen molar-refractivity contribution in [2.45, 2.75) is 52.3 Å². The maximum atomic E-state index is 12.4. The zero-order valence-electron chi connectivity index (χ0n) is 18.8. The van der Waals surface area contributed by atoms with Crippen molar-refractivity contribution in [2.75, 3.05) is 7.11 Å². The number of hydrogen-bond acceptors (Lipinski definition) is 10. The van der Waals surface area contributed by atoms with E-state index >= 15 is 0 Å². The molecule has 0 spiro atoms. The molecule has 33 heavy (non-hydrogen) atoms. The Morgan fingerprint density at radius 2 is 1.67 bits per heavy atom. The van der Waals surface area contributed by atoms with Crippen molar-refractivity contribution in [3.63, 3.8) is 0 Å². The fraction of sp³-hybridized carbons (Fsp3) is 0.455. The summed E-state index contributed by atoms with van der Waals surface area (Å²) in [6.45, 7) is 5.32. The summed E-state index contributed by atoms with van der Waals surface area (Å²) in [5, 5.41) is 10.3. The Kier molecular flexibility index (Phi) is 6.92. The van der Waals surface area contributed by atoms with Gasteiger partial charge in [-0.3, -0.25) is 19.0 Å². The van der Waals surface area contributed by atoms with Gasteiger partial charge in [-0.05, 0) is 18.2 Å². The molecule has 0 unspecified atom stereocenters. The van der Waals surface area contributed by atoms with E-state index in [0.717, 1.165) is 14.0 Å². The highest BCUT2D eigenvalue weighted by atomic mass is 16.7. The Hall–Kier alpha value is -3.60. The van der Waals surface area contributed by atoms with Gasteiger partial charge in [0.05, 0.1) is 24.7 Å². The number of phenolic OH excluding ortho intramolecular Hbond substituents is 1. The molecule has 1 saturated heterocycles. The minimum atomic E-state index is -1.45. The number of carbonyl (C=O) groups is 4. The Morgan fingerprint density at radius 3 is 2.24 bits per heavy atom. The first-order valence-electron chi connectivity index (χ1n) is 10.1. The Morgan fingerprint density at radius 1 is 1.03 bits per heavy atom. The summed E-state index contributed by atoms with van der Waals surface area (Å²) < 4.78 is 28.6. The van der Waals surface area contributed by atoms with Gasteiger partial charge in [-0.2, -0.15) is 0 Å². The normalized spacial score (nSPS) is 24.7. The van der Waals surface area contributed by atoms with Crippen LogP contribution < -0.4 is 4.74 Å². The second kappa shape index (κ2) is 9.49. The fourth-order valence-electron chi connectivity index (χ4n) is 3.77. The van der Waals surface area contributed by atoms with Gasteiger partial charge in [0, 0.05) is 26.2 Å². The monoisotopic (exact) mass is 463 g/mol. The third-order valence-electron chi connectivity index (χ3n) is 5.22. The summed E-state index contributed by atoms with van der Waals surface area (Å²) in [6.07, 6.45) is -3.55. The topological polar surface area (TPSA) is 140 Å². The Balaban J connectivity index is 2.03. The SMILES string of the molecule is COC(=O)[C@H]1O[C@@H](Oc2cn(C(C)=O)c3ccc(O)cc23)[C@H](C)[C@@H](OC(C)=O)[C@@H]1OC(C)=O. The third-order valence-corrected chi connectivity index (χ3v) is 5.22. The van der Waals surface area contributed by atoms with Crippen molar-refractivity contribution < 1.29 is 48.0 Å². The number of phenols is 1. The highest BCUT2D eigenvalue weighted by molar-refractivity contribution is 5.96. The van der Waals surface area contributed by atoms with Gasteiger partial charge in [-0.15, -0.1) is 0 Å². The molecule has 5 atom stereocenters. The van der Waals surface area contributed by atoms with Crippen molar-refractivity contribution in [2.24, 2.45) is 5.92 Å². The lowest BCUT2D eigenvalue weighted by atomic mass is 9.91. The van der Waals surface area contributed by atoms with Crippen LogP contribution in [0, 0.1) is 5.92 Å². The van der Waals surface area contributed by atoms with E-state index in [1.54, 1.807) is 13.0 Å². The van der Waals surface area contributed by atoms with Crippen LogP contribution in [0.3, 0.4) is 0 Å². The summed E-state index contributed by atoms with van der Waals surface area (Å²) >= 11 is 0. The number of benzene rings is 1. The largest absolute Gasteiger partial charge is 0.508 e. The van der Waals surface area contributed by atoms with E-state index in [1.165, 1.54) is 36.7 Å². The average Bonchev–Trinajstić information content (AvgIpc) is 3.09. The van der Waals surface area contributed by atoms with Crippen LogP contribution in [0.15, 0.2) is 24.4 Å². The van der Waals surface area contributed by atoms with E-state index in [1.807, 2.05) is 0 Å². The number of fused-ring (bicyclic) bond motifs is 1. The average molecular weight is 463 g/mol. The number of aromatic hydroxyl groups is 1. The summed E-state index contributed by atoms with van der Waals surface area (Å²) in [5.41, 5.74) is 0.484. The van der Waals surface area contributed by atoms with Crippen LogP contribution in [0.2, 0.25) is 0 Å². The van der Waals surface area contributed by atoms with Crippen LogP contribution in [-0.2, 0) is 33.3 Å². The predicted molar refractivity (Wildman–Crippen MR) is 111 cm³/mol. The smallest absolute Gasteiger partial charge is 0.339 e. The molecule has 11 nitrogen and oxygen atoms in total. The highest BCUT2D eigenvalue weighted by Crippen LogP contribution is 2.36. The first-order valence-corrected chi connectivity index (χ1v) is 10.1. The van der Waals surface area contributed by atoms with E-state index < -0.39 is 48.4 Å². The number of rotatable bonds is 5. The first kappa shape index (κ1) is 24.1. The molecule has 178 valence electrons. The summed E-state index contributed by atoms with van der Waals surface area (Å²) in [4.78, 5) is 47.9. The summed E-state index contributed by atoms with van der Waals surface area (Å²) in [6, 6.07) is 4.40. The van der Waals surface area contributed by atoms with Gasteiger partial charge in [0.25, 0.3) is 0 Å². The van der Waals surface area contributed by atoms with E-state index in [9.17, 15) is 24.3 Å².